The largest absolute Gasteiger partial charge is 0.303 e. The van der Waals surface area contributed by atoms with E-state index in [-0.39, 0.29) is 0 Å². The average Bonchev–Trinajstić information content (AvgIpc) is 2.09. The number of rotatable bonds is 4. The van der Waals surface area contributed by atoms with Gasteiger partial charge in [-0.1, -0.05) is 22.9 Å². The van der Waals surface area contributed by atoms with Crippen LogP contribution in [0.5, 0.6) is 0 Å². The fourth-order valence-electron chi connectivity index (χ4n) is 1.96. The van der Waals surface area contributed by atoms with Crippen LogP contribution >= 0.6 is 15.9 Å². The summed E-state index contributed by atoms with van der Waals surface area (Å²) in [6.45, 7) is 5.32. The van der Waals surface area contributed by atoms with E-state index in [4.69, 9.17) is 0 Å². The zero-order chi connectivity index (χ0) is 11.5. The zero-order valence-electron chi connectivity index (χ0n) is 9.45. The van der Waals surface area contributed by atoms with Crippen molar-refractivity contribution in [2.75, 3.05) is 31.6 Å². The molecule has 90 valence electrons. The predicted molar refractivity (Wildman–Crippen MR) is 67.3 cm³/mol. The van der Waals surface area contributed by atoms with Gasteiger partial charge < -0.3 is 4.90 Å². The SMILES string of the molecule is CC1CN(CCCS(C)(=O)=O)CCC1Br. The molecule has 0 bridgehead atoms. The smallest absolute Gasteiger partial charge is 0.147 e. The maximum atomic E-state index is 11.0. The number of halogens is 1. The Bertz CT molecular complexity index is 292. The van der Waals surface area contributed by atoms with Crippen LogP contribution in [0.25, 0.3) is 0 Å². The lowest BCUT2D eigenvalue weighted by Crippen LogP contribution is -2.40. The maximum Gasteiger partial charge on any atom is 0.147 e. The number of hydrogen-bond donors (Lipinski definition) is 0. The van der Waals surface area contributed by atoms with E-state index in [0.29, 0.717) is 16.5 Å². The van der Waals surface area contributed by atoms with Crippen molar-refractivity contribution in [2.24, 2.45) is 5.92 Å². The van der Waals surface area contributed by atoms with Gasteiger partial charge in [0.1, 0.15) is 9.84 Å². The van der Waals surface area contributed by atoms with Crippen molar-refractivity contribution in [3.05, 3.63) is 0 Å². The van der Waals surface area contributed by atoms with Gasteiger partial charge in [-0.15, -0.1) is 0 Å². The molecule has 1 aliphatic heterocycles. The third-order valence-electron chi connectivity index (χ3n) is 2.87. The highest BCUT2D eigenvalue weighted by molar-refractivity contribution is 9.09. The summed E-state index contributed by atoms with van der Waals surface area (Å²) in [6.07, 6.45) is 3.24. The molecule has 0 spiro atoms. The van der Waals surface area contributed by atoms with Gasteiger partial charge in [-0.25, -0.2) is 8.42 Å². The number of nitrogens with zero attached hydrogens (tertiary/aromatic N) is 1. The highest BCUT2D eigenvalue weighted by Crippen LogP contribution is 2.23. The first-order chi connectivity index (χ1) is 6.88. The van der Waals surface area contributed by atoms with Gasteiger partial charge in [0.2, 0.25) is 0 Å². The van der Waals surface area contributed by atoms with Gasteiger partial charge in [0.15, 0.2) is 0 Å². The quantitative estimate of drug-likeness (QED) is 0.739. The van der Waals surface area contributed by atoms with Crippen LogP contribution in [-0.4, -0.2) is 49.8 Å². The minimum Gasteiger partial charge on any atom is -0.303 e. The minimum absolute atomic E-state index is 0.315. The molecule has 0 aromatic heterocycles. The van der Waals surface area contributed by atoms with E-state index in [0.717, 1.165) is 26.1 Å². The summed E-state index contributed by atoms with van der Waals surface area (Å²) in [5.74, 6) is 0.979. The Labute approximate surface area is 101 Å². The second-order valence-electron chi connectivity index (χ2n) is 4.57. The number of piperidine rings is 1. The molecule has 1 saturated heterocycles. The molecule has 5 heteroatoms. The summed E-state index contributed by atoms with van der Waals surface area (Å²) in [6, 6.07) is 0. The van der Waals surface area contributed by atoms with Crippen LogP contribution in [0.15, 0.2) is 0 Å². The Morgan fingerprint density at radius 1 is 1.47 bits per heavy atom. The molecule has 0 saturated carbocycles. The molecule has 3 nitrogen and oxygen atoms in total. The first kappa shape index (κ1) is 13.5. The normalized spacial score (nSPS) is 29.3. The summed E-state index contributed by atoms with van der Waals surface area (Å²) in [7, 11) is -2.79. The number of alkyl halides is 1. The van der Waals surface area contributed by atoms with Gasteiger partial charge in [-0.2, -0.15) is 0 Å². The average molecular weight is 298 g/mol. The highest BCUT2D eigenvalue weighted by atomic mass is 79.9. The lowest BCUT2D eigenvalue weighted by Gasteiger charge is -2.34. The summed E-state index contributed by atoms with van der Waals surface area (Å²) in [4.78, 5) is 3.00. The van der Waals surface area contributed by atoms with E-state index in [2.05, 4.69) is 27.8 Å². The third kappa shape index (κ3) is 5.31. The second-order valence-corrected chi connectivity index (χ2v) is 8.00. The van der Waals surface area contributed by atoms with E-state index < -0.39 is 9.84 Å². The minimum atomic E-state index is -2.79. The molecule has 2 unspecified atom stereocenters. The zero-order valence-corrected chi connectivity index (χ0v) is 11.8. The van der Waals surface area contributed by atoms with Crippen LogP contribution in [0.2, 0.25) is 0 Å². The summed E-state index contributed by atoms with van der Waals surface area (Å²) < 4.78 is 21.9. The van der Waals surface area contributed by atoms with Gasteiger partial charge in [0.25, 0.3) is 0 Å². The molecule has 0 aliphatic carbocycles. The van der Waals surface area contributed by atoms with E-state index >= 15 is 0 Å². The predicted octanol–water partition coefficient (Wildman–Crippen LogP) is 1.53. The summed E-state index contributed by atoms with van der Waals surface area (Å²) in [5.41, 5.74) is 0. The topological polar surface area (TPSA) is 37.4 Å². The van der Waals surface area contributed by atoms with Crippen molar-refractivity contribution >= 4 is 25.8 Å². The molecule has 1 heterocycles. The number of sulfone groups is 1. The van der Waals surface area contributed by atoms with Crippen molar-refractivity contribution in [1.82, 2.24) is 4.90 Å². The molecule has 1 aliphatic rings. The van der Waals surface area contributed by atoms with Crippen LogP contribution in [0.1, 0.15) is 19.8 Å². The van der Waals surface area contributed by atoms with E-state index in [9.17, 15) is 8.42 Å². The van der Waals surface area contributed by atoms with Crippen molar-refractivity contribution < 1.29 is 8.42 Å². The fourth-order valence-corrected chi connectivity index (χ4v) is 2.98. The lowest BCUT2D eigenvalue weighted by molar-refractivity contribution is 0.192. The van der Waals surface area contributed by atoms with Gasteiger partial charge in [-0.05, 0) is 31.8 Å². The van der Waals surface area contributed by atoms with Gasteiger partial charge in [0.05, 0.1) is 5.75 Å². The van der Waals surface area contributed by atoms with Crippen LogP contribution in [0.3, 0.4) is 0 Å². The fraction of sp³-hybridized carbons (Fsp3) is 1.00. The first-order valence-electron chi connectivity index (χ1n) is 5.42. The summed E-state index contributed by atoms with van der Waals surface area (Å²) >= 11 is 3.66. The van der Waals surface area contributed by atoms with Crippen LogP contribution < -0.4 is 0 Å². The standard InChI is InChI=1S/C10H20BrNO2S/c1-9-8-12(6-4-10(9)11)5-3-7-15(2,13)14/h9-10H,3-8H2,1-2H3. The molecule has 15 heavy (non-hydrogen) atoms. The molecule has 0 amide bonds. The summed E-state index contributed by atoms with van der Waals surface area (Å²) in [5, 5.41) is 0. The van der Waals surface area contributed by atoms with Crippen molar-refractivity contribution in [1.29, 1.82) is 0 Å². The lowest BCUT2D eigenvalue weighted by atomic mass is 10.00. The number of likely N-dealkylation sites (tertiary alicyclic amines) is 1. The molecular formula is C10H20BrNO2S. The van der Waals surface area contributed by atoms with Crippen molar-refractivity contribution in [2.45, 2.75) is 24.6 Å². The van der Waals surface area contributed by atoms with Crippen molar-refractivity contribution in [3.8, 4) is 0 Å². The van der Waals surface area contributed by atoms with E-state index in [1.165, 1.54) is 12.7 Å². The molecule has 0 N–H and O–H groups in total. The maximum absolute atomic E-state index is 11.0. The van der Waals surface area contributed by atoms with Gasteiger partial charge in [-0.3, -0.25) is 0 Å². The molecular weight excluding hydrogens is 278 g/mol. The van der Waals surface area contributed by atoms with E-state index in [1.807, 2.05) is 0 Å². The van der Waals surface area contributed by atoms with Crippen LogP contribution in [0, 0.1) is 5.92 Å². The molecule has 2 atom stereocenters. The van der Waals surface area contributed by atoms with E-state index in [1.54, 1.807) is 0 Å². The Hall–Kier alpha value is 0.390. The third-order valence-corrected chi connectivity index (χ3v) is 5.26. The highest BCUT2D eigenvalue weighted by Gasteiger charge is 2.23. The Balaban J connectivity index is 2.23. The molecule has 1 fully saturated rings. The Kier molecular flexibility index (Phi) is 5.06. The second kappa shape index (κ2) is 5.64. The Morgan fingerprint density at radius 3 is 2.67 bits per heavy atom. The van der Waals surface area contributed by atoms with Crippen LogP contribution in [0.4, 0.5) is 0 Å². The number of hydrogen-bond acceptors (Lipinski definition) is 3. The Morgan fingerprint density at radius 2 is 2.13 bits per heavy atom. The molecule has 1 rings (SSSR count). The van der Waals surface area contributed by atoms with Crippen LogP contribution in [-0.2, 0) is 9.84 Å². The molecule has 0 radical (unpaired) electrons. The van der Waals surface area contributed by atoms with Gasteiger partial charge >= 0.3 is 0 Å². The van der Waals surface area contributed by atoms with Gasteiger partial charge in [0, 0.05) is 17.6 Å². The first-order valence-corrected chi connectivity index (χ1v) is 8.40. The monoisotopic (exact) mass is 297 g/mol. The van der Waals surface area contributed by atoms with Crippen molar-refractivity contribution in [3.63, 3.8) is 0 Å². The molecule has 0 aromatic rings. The molecule has 0 aromatic carbocycles.